The molecule has 0 spiro atoms. The van der Waals surface area contributed by atoms with E-state index in [1.807, 2.05) is 11.8 Å². The number of hydrogen-bond donors (Lipinski definition) is 0. The average Bonchev–Trinajstić information content (AvgIpc) is 3.28. The molecule has 1 fully saturated rings. The molecule has 23 heavy (non-hydrogen) atoms. The molecule has 1 aromatic carbocycles. The zero-order valence-corrected chi connectivity index (χ0v) is 14.1. The summed E-state index contributed by atoms with van der Waals surface area (Å²) in [5.74, 6) is 3.62. The molecule has 0 saturated carbocycles. The first-order chi connectivity index (χ1) is 11.4. The Balaban J connectivity index is 1.47. The average molecular weight is 344 g/mol. The summed E-state index contributed by atoms with van der Waals surface area (Å²) in [4.78, 5) is 11.9. The Hall–Kier alpha value is -1.70. The van der Waals surface area contributed by atoms with Gasteiger partial charge in [0.25, 0.3) is 5.89 Å². The Kier molecular flexibility index (Phi) is 4.41. The lowest BCUT2D eigenvalue weighted by Gasteiger charge is -2.26. The van der Waals surface area contributed by atoms with E-state index in [1.165, 1.54) is 41.5 Å². The maximum absolute atomic E-state index is 5.37. The van der Waals surface area contributed by atoms with Crippen molar-refractivity contribution in [2.24, 2.45) is 0 Å². The Bertz CT molecular complexity index is 749. The number of thioether (sulfide) groups is 1. The molecular weight excluding hydrogens is 328 g/mol. The quantitative estimate of drug-likeness (QED) is 0.723. The number of nitrogens with zero attached hydrogens (tertiary/aromatic N) is 4. The van der Waals surface area contributed by atoms with Crippen molar-refractivity contribution in [3.8, 4) is 22.2 Å². The number of thiazole rings is 1. The van der Waals surface area contributed by atoms with Gasteiger partial charge in [-0.25, -0.2) is 0 Å². The van der Waals surface area contributed by atoms with Crippen LogP contribution in [0.3, 0.4) is 0 Å². The molecule has 0 amide bonds. The van der Waals surface area contributed by atoms with E-state index in [4.69, 9.17) is 4.52 Å². The van der Waals surface area contributed by atoms with Gasteiger partial charge in [0.05, 0.1) is 10.4 Å². The molecule has 7 heteroatoms. The van der Waals surface area contributed by atoms with Gasteiger partial charge >= 0.3 is 0 Å². The van der Waals surface area contributed by atoms with Gasteiger partial charge in [0.15, 0.2) is 0 Å². The van der Waals surface area contributed by atoms with Gasteiger partial charge in [0.2, 0.25) is 5.82 Å². The molecule has 3 heterocycles. The van der Waals surface area contributed by atoms with Crippen molar-refractivity contribution in [2.75, 3.05) is 24.6 Å². The molecule has 0 bridgehead atoms. The third-order valence-electron chi connectivity index (χ3n) is 3.79. The maximum atomic E-state index is 5.37. The van der Waals surface area contributed by atoms with Crippen molar-refractivity contribution in [1.82, 2.24) is 20.0 Å². The van der Waals surface area contributed by atoms with Crippen LogP contribution < -0.4 is 0 Å². The minimum atomic E-state index is 0.550. The number of rotatable bonds is 4. The molecule has 0 N–H and O–H groups in total. The molecule has 3 aromatic rings. The van der Waals surface area contributed by atoms with Crippen LogP contribution in [0.15, 0.2) is 40.5 Å². The van der Waals surface area contributed by atoms with E-state index >= 15 is 0 Å². The molecular formula is C16H16N4OS2. The Morgan fingerprint density at radius 1 is 1.13 bits per heavy atom. The summed E-state index contributed by atoms with van der Waals surface area (Å²) < 4.78 is 5.37. The minimum absolute atomic E-state index is 0.550. The molecule has 0 aliphatic carbocycles. The second kappa shape index (κ2) is 6.82. The second-order valence-electron chi connectivity index (χ2n) is 5.37. The van der Waals surface area contributed by atoms with Crippen LogP contribution in [0.25, 0.3) is 22.2 Å². The van der Waals surface area contributed by atoms with Crippen LogP contribution in [0.5, 0.6) is 0 Å². The van der Waals surface area contributed by atoms with E-state index in [-0.39, 0.29) is 0 Å². The lowest BCUT2D eigenvalue weighted by molar-refractivity contribution is 0.294. The highest BCUT2D eigenvalue weighted by molar-refractivity contribution is 7.99. The minimum Gasteiger partial charge on any atom is -0.334 e. The van der Waals surface area contributed by atoms with Crippen LogP contribution in [0.4, 0.5) is 0 Å². The monoisotopic (exact) mass is 344 g/mol. The van der Waals surface area contributed by atoms with Crippen molar-refractivity contribution in [2.45, 2.75) is 6.54 Å². The zero-order chi connectivity index (χ0) is 15.5. The SMILES string of the molecule is c1ncc(-c2noc(-c3ccc(CN4CCSCC4)cc3)n2)s1. The molecule has 0 unspecified atom stereocenters. The van der Waals surface area contributed by atoms with Gasteiger partial charge in [-0.1, -0.05) is 17.3 Å². The lowest BCUT2D eigenvalue weighted by Crippen LogP contribution is -2.31. The topological polar surface area (TPSA) is 55.1 Å². The fourth-order valence-corrected chi connectivity index (χ4v) is 4.06. The van der Waals surface area contributed by atoms with Crippen molar-refractivity contribution >= 4 is 23.1 Å². The molecule has 2 aromatic heterocycles. The van der Waals surface area contributed by atoms with Crippen LogP contribution in [-0.4, -0.2) is 44.6 Å². The first-order valence-electron chi connectivity index (χ1n) is 7.50. The number of hydrogen-bond acceptors (Lipinski definition) is 7. The molecule has 118 valence electrons. The van der Waals surface area contributed by atoms with Crippen LogP contribution in [0, 0.1) is 0 Å². The van der Waals surface area contributed by atoms with E-state index in [9.17, 15) is 0 Å². The summed E-state index contributed by atoms with van der Waals surface area (Å²) in [6, 6.07) is 8.40. The van der Waals surface area contributed by atoms with Gasteiger partial charge in [0, 0.05) is 42.9 Å². The van der Waals surface area contributed by atoms with Gasteiger partial charge in [-0.05, 0) is 17.7 Å². The van der Waals surface area contributed by atoms with Gasteiger partial charge in [-0.2, -0.15) is 16.7 Å². The molecule has 1 aliphatic rings. The van der Waals surface area contributed by atoms with Gasteiger partial charge in [0.1, 0.15) is 0 Å². The van der Waals surface area contributed by atoms with Crippen LogP contribution >= 0.6 is 23.1 Å². The van der Waals surface area contributed by atoms with E-state index in [2.05, 4.69) is 44.3 Å². The highest BCUT2D eigenvalue weighted by Gasteiger charge is 2.13. The van der Waals surface area contributed by atoms with Crippen LogP contribution in [0.1, 0.15) is 5.56 Å². The normalized spacial score (nSPS) is 15.8. The summed E-state index contributed by atoms with van der Waals surface area (Å²) in [6.07, 6.45) is 1.75. The van der Waals surface area contributed by atoms with Crippen molar-refractivity contribution in [3.05, 3.63) is 41.5 Å². The number of benzene rings is 1. The smallest absolute Gasteiger partial charge is 0.258 e. The highest BCUT2D eigenvalue weighted by Crippen LogP contribution is 2.24. The Morgan fingerprint density at radius 3 is 2.70 bits per heavy atom. The summed E-state index contributed by atoms with van der Waals surface area (Å²) in [5.41, 5.74) is 4.04. The summed E-state index contributed by atoms with van der Waals surface area (Å²) in [5, 5.41) is 4.02. The highest BCUT2D eigenvalue weighted by atomic mass is 32.2. The first-order valence-corrected chi connectivity index (χ1v) is 9.54. The zero-order valence-electron chi connectivity index (χ0n) is 12.5. The molecule has 1 aliphatic heterocycles. The third-order valence-corrected chi connectivity index (χ3v) is 5.50. The molecule has 5 nitrogen and oxygen atoms in total. The molecule has 0 atom stereocenters. The summed E-state index contributed by atoms with van der Waals surface area (Å²) in [6.45, 7) is 3.36. The van der Waals surface area contributed by atoms with Crippen molar-refractivity contribution in [3.63, 3.8) is 0 Å². The van der Waals surface area contributed by atoms with Crippen LogP contribution in [0.2, 0.25) is 0 Å². The number of aromatic nitrogens is 3. The molecule has 1 saturated heterocycles. The molecule has 0 radical (unpaired) electrons. The predicted molar refractivity (Wildman–Crippen MR) is 93.4 cm³/mol. The largest absolute Gasteiger partial charge is 0.334 e. The summed E-state index contributed by atoms with van der Waals surface area (Å²) in [7, 11) is 0. The van der Waals surface area contributed by atoms with Gasteiger partial charge in [-0.15, -0.1) is 11.3 Å². The predicted octanol–water partition coefficient (Wildman–Crippen LogP) is 3.41. The van der Waals surface area contributed by atoms with Crippen molar-refractivity contribution in [1.29, 1.82) is 0 Å². The van der Waals surface area contributed by atoms with Gasteiger partial charge < -0.3 is 4.52 Å². The summed E-state index contributed by atoms with van der Waals surface area (Å²) >= 11 is 3.54. The third kappa shape index (κ3) is 3.46. The standard InChI is InChI=1S/C16H16N4OS2/c1-3-13(4-2-12(1)10-20-5-7-22-8-6-20)16-18-15(19-21-16)14-9-17-11-23-14/h1-4,9,11H,5-8,10H2. The van der Waals surface area contributed by atoms with E-state index in [0.29, 0.717) is 11.7 Å². The fourth-order valence-electron chi connectivity index (χ4n) is 2.54. The van der Waals surface area contributed by atoms with E-state index in [1.54, 1.807) is 11.7 Å². The second-order valence-corrected chi connectivity index (χ2v) is 7.49. The van der Waals surface area contributed by atoms with Crippen LogP contribution in [-0.2, 0) is 6.54 Å². The Morgan fingerprint density at radius 2 is 1.96 bits per heavy atom. The fraction of sp³-hybridized carbons (Fsp3) is 0.312. The van der Waals surface area contributed by atoms with Gasteiger partial charge in [-0.3, -0.25) is 9.88 Å². The van der Waals surface area contributed by atoms with E-state index in [0.717, 1.165) is 17.0 Å². The Labute approximate surface area is 142 Å². The molecule has 4 rings (SSSR count). The first kappa shape index (κ1) is 14.9. The van der Waals surface area contributed by atoms with Crippen molar-refractivity contribution < 1.29 is 4.52 Å². The maximum Gasteiger partial charge on any atom is 0.258 e. The van der Waals surface area contributed by atoms with E-state index < -0.39 is 0 Å². The lowest BCUT2D eigenvalue weighted by atomic mass is 10.1.